The fourth-order valence-corrected chi connectivity index (χ4v) is 3.51. The zero-order valence-electron chi connectivity index (χ0n) is 15.6. The van der Waals surface area contributed by atoms with Gasteiger partial charge in [-0.3, -0.25) is 9.59 Å². The van der Waals surface area contributed by atoms with Gasteiger partial charge in [-0.25, -0.2) is 0 Å². The van der Waals surface area contributed by atoms with E-state index in [9.17, 15) is 14.7 Å². The molecule has 1 saturated carbocycles. The molecule has 0 aliphatic heterocycles. The lowest BCUT2D eigenvalue weighted by atomic mass is 9.81. The van der Waals surface area contributed by atoms with Crippen LogP contribution in [0, 0.1) is 5.92 Å². The molecule has 2 amide bonds. The molecule has 2 unspecified atom stereocenters. The summed E-state index contributed by atoms with van der Waals surface area (Å²) in [7, 11) is 0. The average Bonchev–Trinajstić information content (AvgIpc) is 2.65. The van der Waals surface area contributed by atoms with Gasteiger partial charge in [0.25, 0.3) is 0 Å². The molecule has 5 nitrogen and oxygen atoms in total. The van der Waals surface area contributed by atoms with Crippen LogP contribution < -0.4 is 10.6 Å². The van der Waals surface area contributed by atoms with Crippen molar-refractivity contribution in [1.29, 1.82) is 0 Å². The Morgan fingerprint density at radius 2 is 1.75 bits per heavy atom. The normalized spacial score (nSPS) is 15.9. The molecule has 3 N–H and O–H groups in total. The Morgan fingerprint density at radius 3 is 2.36 bits per heavy atom. The molecule has 2 atom stereocenters. The van der Waals surface area contributed by atoms with Crippen molar-refractivity contribution in [3.63, 3.8) is 0 Å². The zero-order chi connectivity index (χ0) is 19.9. The first-order chi connectivity index (χ1) is 13.5. The molecule has 0 spiro atoms. The maximum absolute atomic E-state index is 12.8. The predicted octanol–water partition coefficient (Wildman–Crippen LogP) is 3.13. The van der Waals surface area contributed by atoms with Crippen LogP contribution in [0.2, 0.25) is 0 Å². The van der Waals surface area contributed by atoms with Crippen molar-refractivity contribution in [3.8, 4) is 0 Å². The van der Waals surface area contributed by atoms with Gasteiger partial charge in [0.2, 0.25) is 11.8 Å². The van der Waals surface area contributed by atoms with E-state index in [4.69, 9.17) is 0 Å². The highest BCUT2D eigenvalue weighted by molar-refractivity contribution is 9.10. The van der Waals surface area contributed by atoms with Gasteiger partial charge >= 0.3 is 0 Å². The van der Waals surface area contributed by atoms with E-state index in [2.05, 4.69) is 26.6 Å². The van der Waals surface area contributed by atoms with Crippen LogP contribution in [0.15, 0.2) is 59.1 Å². The van der Waals surface area contributed by atoms with E-state index >= 15 is 0 Å². The number of amides is 2. The summed E-state index contributed by atoms with van der Waals surface area (Å²) in [5, 5.41) is 15.8. The first-order valence-electron chi connectivity index (χ1n) is 9.57. The predicted molar refractivity (Wildman–Crippen MR) is 112 cm³/mol. The summed E-state index contributed by atoms with van der Waals surface area (Å²) >= 11 is 3.38. The minimum atomic E-state index is -0.794. The smallest absolute Gasteiger partial charge is 0.247 e. The second kappa shape index (κ2) is 9.85. The average molecular weight is 445 g/mol. The van der Waals surface area contributed by atoms with E-state index in [1.807, 2.05) is 54.6 Å². The molecule has 1 aliphatic carbocycles. The standard InChI is InChI=1S/C22H25BrN2O3/c23-18-11-9-15(10-12-18)13-20(27)25-21(17-5-2-1-3-6-17)22(28)24-14-19(26)16-7-4-8-16/h1-3,5-6,9-12,16,19,21,26H,4,7-8,13-14H2,(H,24,28)(H,25,27). The maximum Gasteiger partial charge on any atom is 0.247 e. The van der Waals surface area contributed by atoms with Gasteiger partial charge < -0.3 is 15.7 Å². The molecule has 0 heterocycles. The molecule has 148 valence electrons. The minimum absolute atomic E-state index is 0.189. The van der Waals surface area contributed by atoms with Crippen molar-refractivity contribution in [2.45, 2.75) is 37.8 Å². The van der Waals surface area contributed by atoms with Crippen molar-refractivity contribution in [3.05, 3.63) is 70.2 Å². The van der Waals surface area contributed by atoms with E-state index in [-0.39, 0.29) is 30.7 Å². The molecule has 0 saturated heterocycles. The van der Waals surface area contributed by atoms with E-state index < -0.39 is 12.1 Å². The van der Waals surface area contributed by atoms with Crippen LogP contribution in [0.4, 0.5) is 0 Å². The third-order valence-corrected chi connectivity index (χ3v) is 5.69. The fourth-order valence-electron chi connectivity index (χ4n) is 3.24. The van der Waals surface area contributed by atoms with Gasteiger partial charge in [-0.15, -0.1) is 0 Å². The number of hydrogen-bond donors (Lipinski definition) is 3. The number of carbonyl (C=O) groups excluding carboxylic acids is 2. The van der Waals surface area contributed by atoms with Gasteiger partial charge in [0.05, 0.1) is 12.5 Å². The monoisotopic (exact) mass is 444 g/mol. The SMILES string of the molecule is O=C(Cc1ccc(Br)cc1)NC(C(=O)NCC(O)C1CCC1)c1ccccc1. The third-order valence-electron chi connectivity index (χ3n) is 5.16. The number of rotatable bonds is 8. The van der Waals surface area contributed by atoms with Gasteiger partial charge in [-0.1, -0.05) is 64.8 Å². The van der Waals surface area contributed by atoms with E-state index in [1.165, 1.54) is 0 Å². The zero-order valence-corrected chi connectivity index (χ0v) is 17.2. The third kappa shape index (κ3) is 5.66. The lowest BCUT2D eigenvalue weighted by Gasteiger charge is -2.30. The summed E-state index contributed by atoms with van der Waals surface area (Å²) in [5.41, 5.74) is 1.58. The van der Waals surface area contributed by atoms with Crippen molar-refractivity contribution in [2.24, 2.45) is 5.92 Å². The summed E-state index contributed by atoms with van der Waals surface area (Å²) in [6, 6.07) is 15.9. The molecule has 1 fully saturated rings. The Kier molecular flexibility index (Phi) is 7.23. The highest BCUT2D eigenvalue weighted by Crippen LogP contribution is 2.29. The van der Waals surface area contributed by atoms with Gasteiger partial charge in [0.15, 0.2) is 0 Å². The van der Waals surface area contributed by atoms with Crippen LogP contribution in [0.3, 0.4) is 0 Å². The Morgan fingerprint density at radius 1 is 1.07 bits per heavy atom. The lowest BCUT2D eigenvalue weighted by molar-refractivity contribution is -0.129. The molecule has 0 bridgehead atoms. The van der Waals surface area contributed by atoms with Crippen LogP contribution >= 0.6 is 15.9 Å². The van der Waals surface area contributed by atoms with Gasteiger partial charge in [0, 0.05) is 11.0 Å². The van der Waals surface area contributed by atoms with Gasteiger partial charge in [-0.2, -0.15) is 0 Å². The largest absolute Gasteiger partial charge is 0.391 e. The van der Waals surface area contributed by atoms with Crippen molar-refractivity contribution >= 4 is 27.7 Å². The van der Waals surface area contributed by atoms with E-state index in [0.717, 1.165) is 29.3 Å². The molecule has 3 rings (SSSR count). The number of hydrogen-bond acceptors (Lipinski definition) is 3. The summed E-state index contributed by atoms with van der Waals surface area (Å²) in [5.74, 6) is -0.276. The number of nitrogens with one attached hydrogen (secondary N) is 2. The topological polar surface area (TPSA) is 78.4 Å². The van der Waals surface area contributed by atoms with E-state index in [1.54, 1.807) is 0 Å². The number of halogens is 1. The number of carbonyl (C=O) groups is 2. The first kappa shape index (κ1) is 20.6. The van der Waals surface area contributed by atoms with Crippen molar-refractivity contribution < 1.29 is 14.7 Å². The van der Waals surface area contributed by atoms with Gasteiger partial charge in [-0.05, 0) is 42.0 Å². The van der Waals surface area contributed by atoms with Crippen LogP contribution in [-0.2, 0) is 16.0 Å². The molecule has 0 aromatic heterocycles. The Hall–Kier alpha value is -2.18. The summed E-state index contributed by atoms with van der Waals surface area (Å²) in [6.07, 6.45) is 2.79. The summed E-state index contributed by atoms with van der Waals surface area (Å²) in [6.45, 7) is 0.204. The number of aliphatic hydroxyl groups excluding tert-OH is 1. The highest BCUT2D eigenvalue weighted by Gasteiger charge is 2.28. The molecule has 6 heteroatoms. The van der Waals surface area contributed by atoms with Crippen LogP contribution in [0.25, 0.3) is 0 Å². The number of benzene rings is 2. The summed E-state index contributed by atoms with van der Waals surface area (Å²) in [4.78, 5) is 25.3. The Labute approximate surface area is 173 Å². The van der Waals surface area contributed by atoms with Crippen LogP contribution in [-0.4, -0.2) is 29.6 Å². The van der Waals surface area contributed by atoms with Crippen LogP contribution in [0.1, 0.15) is 36.4 Å². The number of aliphatic hydroxyl groups is 1. The van der Waals surface area contributed by atoms with Crippen LogP contribution in [0.5, 0.6) is 0 Å². The van der Waals surface area contributed by atoms with Crippen molar-refractivity contribution in [2.75, 3.05) is 6.54 Å². The molecular formula is C22H25BrN2O3. The summed E-state index contributed by atoms with van der Waals surface area (Å²) < 4.78 is 0.947. The lowest BCUT2D eigenvalue weighted by Crippen LogP contribution is -2.45. The van der Waals surface area contributed by atoms with Gasteiger partial charge in [0.1, 0.15) is 6.04 Å². The highest BCUT2D eigenvalue weighted by atomic mass is 79.9. The molecule has 1 aliphatic rings. The molecule has 0 radical (unpaired) electrons. The molecule has 2 aromatic rings. The fraction of sp³-hybridized carbons (Fsp3) is 0.364. The maximum atomic E-state index is 12.8. The quantitative estimate of drug-likeness (QED) is 0.585. The minimum Gasteiger partial charge on any atom is -0.391 e. The van der Waals surface area contributed by atoms with Crippen molar-refractivity contribution in [1.82, 2.24) is 10.6 Å². The molecular weight excluding hydrogens is 420 g/mol. The second-order valence-corrected chi connectivity index (χ2v) is 8.13. The Bertz CT molecular complexity index is 791. The van der Waals surface area contributed by atoms with E-state index in [0.29, 0.717) is 5.56 Å². The molecule has 28 heavy (non-hydrogen) atoms. The molecule has 2 aromatic carbocycles. The second-order valence-electron chi connectivity index (χ2n) is 7.22. The first-order valence-corrected chi connectivity index (χ1v) is 10.4. The Balaban J connectivity index is 1.63.